The molecule has 2 nitrogen and oxygen atoms in total. The molecule has 1 saturated heterocycles. The Kier molecular flexibility index (Phi) is 2.96. The van der Waals surface area contributed by atoms with Crippen LogP contribution in [-0.2, 0) is 6.54 Å². The molecule has 2 heterocycles. The van der Waals surface area contributed by atoms with E-state index < -0.39 is 0 Å². The minimum Gasteiger partial charge on any atom is -0.296 e. The number of nitrogens with zero attached hydrogens (tertiary/aromatic N) is 2. The fraction of sp³-hybridized carbons (Fsp3) is 0.417. The maximum absolute atomic E-state index is 4.66. The second-order valence-electron chi connectivity index (χ2n) is 4.20. The number of halogens is 1. The van der Waals surface area contributed by atoms with Crippen LogP contribution in [0.2, 0.25) is 0 Å². The summed E-state index contributed by atoms with van der Waals surface area (Å²) in [5, 5.41) is 1.24. The molecular formula is C12H13BrN2S. The van der Waals surface area contributed by atoms with E-state index in [0.29, 0.717) is 4.83 Å². The zero-order valence-electron chi connectivity index (χ0n) is 8.90. The fourth-order valence-electron chi connectivity index (χ4n) is 2.11. The number of alkyl halides is 1. The van der Waals surface area contributed by atoms with Gasteiger partial charge in [0.15, 0.2) is 0 Å². The molecule has 0 aliphatic carbocycles. The Morgan fingerprint density at radius 2 is 2.31 bits per heavy atom. The van der Waals surface area contributed by atoms with Gasteiger partial charge in [-0.05, 0) is 25.1 Å². The smallest absolute Gasteiger partial charge is 0.108 e. The molecule has 0 bridgehead atoms. The Labute approximate surface area is 107 Å². The lowest BCUT2D eigenvalue weighted by atomic mass is 10.3. The molecule has 0 spiro atoms. The predicted molar refractivity (Wildman–Crippen MR) is 72.2 cm³/mol. The van der Waals surface area contributed by atoms with Gasteiger partial charge >= 0.3 is 0 Å². The molecule has 1 aliphatic rings. The van der Waals surface area contributed by atoms with E-state index >= 15 is 0 Å². The van der Waals surface area contributed by atoms with E-state index in [9.17, 15) is 0 Å². The first-order chi connectivity index (χ1) is 7.81. The van der Waals surface area contributed by atoms with E-state index in [1.165, 1.54) is 22.7 Å². The molecule has 3 rings (SSSR count). The fourth-order valence-corrected chi connectivity index (χ4v) is 3.73. The third kappa shape index (κ3) is 2.14. The van der Waals surface area contributed by atoms with E-state index in [4.69, 9.17) is 0 Å². The van der Waals surface area contributed by atoms with Crippen LogP contribution in [0.4, 0.5) is 0 Å². The van der Waals surface area contributed by atoms with Crippen molar-refractivity contribution < 1.29 is 0 Å². The quantitative estimate of drug-likeness (QED) is 0.791. The summed E-state index contributed by atoms with van der Waals surface area (Å²) in [5.41, 5.74) is 1.14. The molecule has 84 valence electrons. The van der Waals surface area contributed by atoms with Crippen LogP contribution >= 0.6 is 27.3 Å². The number of thiazole rings is 1. The van der Waals surface area contributed by atoms with Crippen LogP contribution in [0.3, 0.4) is 0 Å². The number of rotatable bonds is 2. The van der Waals surface area contributed by atoms with Crippen LogP contribution < -0.4 is 0 Å². The molecular weight excluding hydrogens is 284 g/mol. The van der Waals surface area contributed by atoms with Gasteiger partial charge in [0.25, 0.3) is 0 Å². The van der Waals surface area contributed by atoms with Crippen LogP contribution in [0.5, 0.6) is 0 Å². The van der Waals surface area contributed by atoms with Gasteiger partial charge in [-0.2, -0.15) is 0 Å². The second-order valence-corrected chi connectivity index (χ2v) is 6.61. The highest BCUT2D eigenvalue weighted by Crippen LogP contribution is 2.25. The highest BCUT2D eigenvalue weighted by Gasteiger charge is 2.20. The third-order valence-electron chi connectivity index (χ3n) is 2.91. The first-order valence-corrected chi connectivity index (χ1v) is 7.25. The maximum Gasteiger partial charge on any atom is 0.108 e. The van der Waals surface area contributed by atoms with Gasteiger partial charge in [0.2, 0.25) is 0 Å². The van der Waals surface area contributed by atoms with Crippen molar-refractivity contribution in [2.75, 3.05) is 13.1 Å². The van der Waals surface area contributed by atoms with Gasteiger partial charge in [-0.1, -0.05) is 28.1 Å². The molecule has 1 aliphatic heterocycles. The van der Waals surface area contributed by atoms with E-state index in [2.05, 4.69) is 50.1 Å². The molecule has 0 radical (unpaired) electrons. The predicted octanol–water partition coefficient (Wildman–Crippen LogP) is 3.27. The van der Waals surface area contributed by atoms with Crippen molar-refractivity contribution in [3.63, 3.8) is 0 Å². The summed E-state index contributed by atoms with van der Waals surface area (Å²) in [6, 6.07) is 8.37. The van der Waals surface area contributed by atoms with E-state index in [-0.39, 0.29) is 0 Å². The van der Waals surface area contributed by atoms with Crippen molar-refractivity contribution >= 4 is 37.5 Å². The van der Waals surface area contributed by atoms with Crippen molar-refractivity contribution in [2.24, 2.45) is 0 Å². The lowest BCUT2D eigenvalue weighted by molar-refractivity contribution is 0.332. The van der Waals surface area contributed by atoms with E-state index in [1.54, 1.807) is 0 Å². The summed E-state index contributed by atoms with van der Waals surface area (Å²) >= 11 is 5.49. The topological polar surface area (TPSA) is 16.1 Å². The molecule has 1 aromatic carbocycles. The standard InChI is InChI=1S/C12H13BrN2S/c13-9-5-6-15(7-9)8-12-14-10-3-1-2-4-11(10)16-12/h1-4,9H,5-8H2. The lowest BCUT2D eigenvalue weighted by Gasteiger charge is -2.11. The molecule has 1 atom stereocenters. The minimum atomic E-state index is 0.668. The Balaban J connectivity index is 1.79. The molecule has 4 heteroatoms. The third-order valence-corrected chi connectivity index (χ3v) is 4.68. The number of hydrogen-bond donors (Lipinski definition) is 0. The summed E-state index contributed by atoms with van der Waals surface area (Å²) in [6.45, 7) is 3.34. The van der Waals surface area contributed by atoms with E-state index in [1.807, 2.05) is 11.3 Å². The van der Waals surface area contributed by atoms with Crippen molar-refractivity contribution in [1.29, 1.82) is 0 Å². The molecule has 16 heavy (non-hydrogen) atoms. The van der Waals surface area contributed by atoms with Crippen molar-refractivity contribution in [1.82, 2.24) is 9.88 Å². The number of likely N-dealkylation sites (tertiary alicyclic amines) is 1. The first kappa shape index (κ1) is 10.7. The summed E-state index contributed by atoms with van der Waals surface area (Å²) in [5.74, 6) is 0. The highest BCUT2D eigenvalue weighted by atomic mass is 79.9. The van der Waals surface area contributed by atoms with Crippen molar-refractivity contribution in [3.05, 3.63) is 29.3 Å². The average molecular weight is 297 g/mol. The number of fused-ring (bicyclic) bond motifs is 1. The van der Waals surface area contributed by atoms with Crippen LogP contribution in [-0.4, -0.2) is 27.8 Å². The van der Waals surface area contributed by atoms with Crippen LogP contribution in [0, 0.1) is 0 Å². The SMILES string of the molecule is BrC1CCN(Cc2nc3ccccc3s2)C1. The van der Waals surface area contributed by atoms with Gasteiger partial charge in [0.05, 0.1) is 16.8 Å². The van der Waals surface area contributed by atoms with Gasteiger partial charge in [0.1, 0.15) is 5.01 Å². The van der Waals surface area contributed by atoms with Crippen LogP contribution in [0.25, 0.3) is 10.2 Å². The second kappa shape index (κ2) is 4.43. The number of hydrogen-bond acceptors (Lipinski definition) is 3. The summed E-state index contributed by atoms with van der Waals surface area (Å²) in [4.78, 5) is 7.80. The largest absolute Gasteiger partial charge is 0.296 e. The minimum absolute atomic E-state index is 0.668. The monoisotopic (exact) mass is 296 g/mol. The normalized spacial score (nSPS) is 21.9. The van der Waals surface area contributed by atoms with Gasteiger partial charge in [-0.3, -0.25) is 4.90 Å². The lowest BCUT2D eigenvalue weighted by Crippen LogP contribution is -2.19. The van der Waals surface area contributed by atoms with Crippen LogP contribution in [0.15, 0.2) is 24.3 Å². The zero-order chi connectivity index (χ0) is 11.0. The number of aromatic nitrogens is 1. The molecule has 0 N–H and O–H groups in total. The number of para-hydroxylation sites is 1. The van der Waals surface area contributed by atoms with Gasteiger partial charge in [-0.15, -0.1) is 11.3 Å². The average Bonchev–Trinajstić information content (AvgIpc) is 2.84. The Bertz CT molecular complexity index is 463. The Hall–Kier alpha value is -0.450. The summed E-state index contributed by atoms with van der Waals surface area (Å²) in [7, 11) is 0. The van der Waals surface area contributed by atoms with Crippen molar-refractivity contribution in [3.8, 4) is 0 Å². The Morgan fingerprint density at radius 3 is 3.06 bits per heavy atom. The molecule has 2 aromatic rings. The zero-order valence-corrected chi connectivity index (χ0v) is 11.3. The number of benzene rings is 1. The molecule has 1 unspecified atom stereocenters. The molecule has 1 fully saturated rings. The van der Waals surface area contributed by atoms with Crippen LogP contribution in [0.1, 0.15) is 11.4 Å². The maximum atomic E-state index is 4.66. The van der Waals surface area contributed by atoms with E-state index in [0.717, 1.165) is 18.6 Å². The molecule has 0 amide bonds. The summed E-state index contributed by atoms with van der Waals surface area (Å²) in [6.07, 6.45) is 1.25. The first-order valence-electron chi connectivity index (χ1n) is 5.52. The summed E-state index contributed by atoms with van der Waals surface area (Å²) < 4.78 is 1.30. The van der Waals surface area contributed by atoms with Crippen molar-refractivity contribution in [2.45, 2.75) is 17.8 Å². The van der Waals surface area contributed by atoms with Gasteiger partial charge in [0, 0.05) is 11.4 Å². The van der Waals surface area contributed by atoms with Gasteiger partial charge < -0.3 is 0 Å². The molecule has 0 saturated carbocycles. The van der Waals surface area contributed by atoms with Gasteiger partial charge in [-0.25, -0.2) is 4.98 Å². The molecule has 1 aromatic heterocycles. The Morgan fingerprint density at radius 1 is 1.44 bits per heavy atom. The highest BCUT2D eigenvalue weighted by molar-refractivity contribution is 9.09.